The molecule has 6 nitrogen and oxygen atoms in total. The SMILES string of the molecule is Cc1ccc(CC2CC3CCC2N3C(=O)c2ccccc2-n2nccn2)nc1. The number of hydrogen-bond acceptors (Lipinski definition) is 4. The van der Waals surface area contributed by atoms with Crippen LogP contribution in [-0.4, -0.2) is 42.9 Å². The second-order valence-corrected chi connectivity index (χ2v) is 7.87. The molecule has 2 aromatic heterocycles. The summed E-state index contributed by atoms with van der Waals surface area (Å²) in [6.07, 6.45) is 9.36. The number of benzene rings is 1. The largest absolute Gasteiger partial charge is 0.332 e. The Kier molecular flexibility index (Phi) is 4.19. The molecule has 28 heavy (non-hydrogen) atoms. The van der Waals surface area contributed by atoms with E-state index in [1.54, 1.807) is 12.4 Å². The molecule has 1 amide bonds. The van der Waals surface area contributed by atoms with Gasteiger partial charge in [0.05, 0.1) is 23.6 Å². The third kappa shape index (κ3) is 2.89. The van der Waals surface area contributed by atoms with Gasteiger partial charge in [-0.3, -0.25) is 9.78 Å². The maximum absolute atomic E-state index is 13.5. The first-order valence-corrected chi connectivity index (χ1v) is 9.90. The van der Waals surface area contributed by atoms with E-state index < -0.39 is 0 Å². The van der Waals surface area contributed by atoms with Crippen LogP contribution in [0.2, 0.25) is 0 Å². The second-order valence-electron chi connectivity index (χ2n) is 7.87. The predicted octanol–water partition coefficient (Wildman–Crippen LogP) is 3.21. The van der Waals surface area contributed by atoms with Crippen molar-refractivity contribution in [1.29, 1.82) is 0 Å². The van der Waals surface area contributed by atoms with Crippen LogP contribution in [0.25, 0.3) is 5.69 Å². The molecule has 0 saturated carbocycles. The van der Waals surface area contributed by atoms with Crippen molar-refractivity contribution < 1.29 is 4.79 Å². The van der Waals surface area contributed by atoms with Crippen molar-refractivity contribution in [2.24, 2.45) is 5.92 Å². The van der Waals surface area contributed by atoms with Gasteiger partial charge < -0.3 is 4.90 Å². The summed E-state index contributed by atoms with van der Waals surface area (Å²) in [5, 5.41) is 8.43. The number of carbonyl (C=O) groups is 1. The molecule has 3 atom stereocenters. The molecule has 2 aliphatic heterocycles. The second kappa shape index (κ2) is 6.86. The van der Waals surface area contributed by atoms with E-state index in [-0.39, 0.29) is 5.91 Å². The van der Waals surface area contributed by atoms with Crippen LogP contribution in [-0.2, 0) is 6.42 Å². The van der Waals surface area contributed by atoms with Gasteiger partial charge in [0, 0.05) is 24.0 Å². The summed E-state index contributed by atoms with van der Waals surface area (Å²) in [4.78, 5) is 21.7. The first kappa shape index (κ1) is 17.1. The van der Waals surface area contributed by atoms with Crippen LogP contribution in [0.15, 0.2) is 55.0 Å². The van der Waals surface area contributed by atoms with Crippen molar-refractivity contribution >= 4 is 5.91 Å². The summed E-state index contributed by atoms with van der Waals surface area (Å²) >= 11 is 0. The quantitative estimate of drug-likeness (QED) is 0.704. The lowest BCUT2D eigenvalue weighted by Crippen LogP contribution is -2.37. The zero-order chi connectivity index (χ0) is 19.1. The fourth-order valence-electron chi connectivity index (χ4n) is 4.84. The van der Waals surface area contributed by atoms with Crippen molar-refractivity contribution in [3.8, 4) is 5.69 Å². The normalized spacial score (nSPS) is 23.3. The van der Waals surface area contributed by atoms with Crippen molar-refractivity contribution in [3.63, 3.8) is 0 Å². The lowest BCUT2D eigenvalue weighted by molar-refractivity contribution is 0.0718. The first-order valence-electron chi connectivity index (χ1n) is 9.90. The zero-order valence-corrected chi connectivity index (χ0v) is 15.9. The summed E-state index contributed by atoms with van der Waals surface area (Å²) in [6.45, 7) is 2.06. The molecule has 2 bridgehead atoms. The topological polar surface area (TPSA) is 63.9 Å². The van der Waals surface area contributed by atoms with E-state index >= 15 is 0 Å². The van der Waals surface area contributed by atoms with Crippen LogP contribution in [0.4, 0.5) is 0 Å². The van der Waals surface area contributed by atoms with E-state index in [4.69, 9.17) is 0 Å². The molecular formula is C22H23N5O. The Morgan fingerprint density at radius 1 is 1.11 bits per heavy atom. The maximum Gasteiger partial charge on any atom is 0.256 e. The maximum atomic E-state index is 13.5. The summed E-state index contributed by atoms with van der Waals surface area (Å²) in [5.74, 6) is 0.577. The summed E-state index contributed by atoms with van der Waals surface area (Å²) in [6, 6.07) is 12.5. The van der Waals surface area contributed by atoms with E-state index in [1.165, 1.54) is 10.4 Å². The highest BCUT2D eigenvalue weighted by molar-refractivity contribution is 5.98. The van der Waals surface area contributed by atoms with E-state index in [9.17, 15) is 4.79 Å². The van der Waals surface area contributed by atoms with Crippen LogP contribution < -0.4 is 0 Å². The average Bonchev–Trinajstić information content (AvgIpc) is 3.46. The first-order chi connectivity index (χ1) is 13.7. The zero-order valence-electron chi connectivity index (χ0n) is 15.9. The molecule has 3 aromatic rings. The molecule has 3 unspecified atom stereocenters. The highest BCUT2D eigenvalue weighted by Gasteiger charge is 2.48. The molecule has 0 radical (unpaired) electrons. The van der Waals surface area contributed by atoms with Crippen molar-refractivity contribution in [1.82, 2.24) is 24.9 Å². The van der Waals surface area contributed by atoms with Gasteiger partial charge in [-0.1, -0.05) is 18.2 Å². The lowest BCUT2D eigenvalue weighted by atomic mass is 9.86. The number of carbonyl (C=O) groups excluding carboxylic acids is 1. The summed E-state index contributed by atoms with van der Waals surface area (Å²) in [5.41, 5.74) is 3.71. The Bertz CT molecular complexity index is 982. The number of pyridine rings is 1. The van der Waals surface area contributed by atoms with Crippen molar-refractivity contribution in [2.75, 3.05) is 0 Å². The molecule has 5 rings (SSSR count). The standard InChI is InChI=1S/C22H23N5O/c1-15-6-7-17(23-14-15)12-16-13-18-8-9-20(16)26(18)22(28)19-4-2-3-5-21(19)27-24-10-11-25-27/h2-7,10-11,14,16,18,20H,8-9,12-13H2,1H3. The van der Waals surface area contributed by atoms with Gasteiger partial charge in [0.1, 0.15) is 0 Å². The Morgan fingerprint density at radius 2 is 1.93 bits per heavy atom. The van der Waals surface area contributed by atoms with Crippen LogP contribution in [0.5, 0.6) is 0 Å². The lowest BCUT2D eigenvalue weighted by Gasteiger charge is -2.25. The van der Waals surface area contributed by atoms with Gasteiger partial charge >= 0.3 is 0 Å². The van der Waals surface area contributed by atoms with Crippen LogP contribution in [0, 0.1) is 12.8 Å². The smallest absolute Gasteiger partial charge is 0.256 e. The molecule has 0 spiro atoms. The van der Waals surface area contributed by atoms with Gasteiger partial charge in [-0.25, -0.2) is 0 Å². The number of para-hydroxylation sites is 1. The highest BCUT2D eigenvalue weighted by Crippen LogP contribution is 2.44. The number of rotatable bonds is 4. The summed E-state index contributed by atoms with van der Waals surface area (Å²) in [7, 11) is 0. The van der Waals surface area contributed by atoms with Crippen LogP contribution in [0.3, 0.4) is 0 Å². The molecule has 1 aromatic carbocycles. The number of aryl methyl sites for hydroxylation is 1. The Balaban J connectivity index is 1.40. The molecule has 2 saturated heterocycles. The van der Waals surface area contributed by atoms with E-state index in [0.717, 1.165) is 37.1 Å². The minimum Gasteiger partial charge on any atom is -0.332 e. The Morgan fingerprint density at radius 3 is 2.71 bits per heavy atom. The molecule has 2 fully saturated rings. The fraction of sp³-hybridized carbons (Fsp3) is 0.364. The highest BCUT2D eigenvalue weighted by atomic mass is 16.2. The van der Waals surface area contributed by atoms with E-state index in [0.29, 0.717) is 23.6 Å². The van der Waals surface area contributed by atoms with Gasteiger partial charge in [-0.05, 0) is 62.3 Å². The third-order valence-corrected chi connectivity index (χ3v) is 6.11. The Hall–Kier alpha value is -3.02. The van der Waals surface area contributed by atoms with Crippen molar-refractivity contribution in [3.05, 3.63) is 71.8 Å². The molecule has 0 aliphatic carbocycles. The van der Waals surface area contributed by atoms with Gasteiger partial charge in [0.15, 0.2) is 0 Å². The van der Waals surface area contributed by atoms with Gasteiger partial charge in [0.2, 0.25) is 0 Å². The predicted molar refractivity (Wildman–Crippen MR) is 105 cm³/mol. The Labute approximate surface area is 164 Å². The minimum atomic E-state index is 0.0970. The number of amides is 1. The fourth-order valence-corrected chi connectivity index (χ4v) is 4.84. The molecule has 0 N–H and O–H groups in total. The van der Waals surface area contributed by atoms with Gasteiger partial charge in [-0.15, -0.1) is 0 Å². The molecule has 6 heteroatoms. The monoisotopic (exact) mass is 373 g/mol. The molecule has 2 aliphatic rings. The summed E-state index contributed by atoms with van der Waals surface area (Å²) < 4.78 is 0. The molecular weight excluding hydrogens is 350 g/mol. The minimum absolute atomic E-state index is 0.0970. The average molecular weight is 373 g/mol. The van der Waals surface area contributed by atoms with E-state index in [2.05, 4.69) is 39.1 Å². The van der Waals surface area contributed by atoms with Crippen LogP contribution in [0.1, 0.15) is 40.9 Å². The molecule has 4 heterocycles. The van der Waals surface area contributed by atoms with Crippen molar-refractivity contribution in [2.45, 2.75) is 44.7 Å². The van der Waals surface area contributed by atoms with Gasteiger partial charge in [0.25, 0.3) is 5.91 Å². The van der Waals surface area contributed by atoms with E-state index in [1.807, 2.05) is 30.5 Å². The molecule has 142 valence electrons. The number of fused-ring (bicyclic) bond motifs is 2. The number of aromatic nitrogens is 4. The number of hydrogen-bond donors (Lipinski definition) is 0. The van der Waals surface area contributed by atoms with Crippen LogP contribution >= 0.6 is 0 Å². The number of nitrogens with zero attached hydrogens (tertiary/aromatic N) is 5. The third-order valence-electron chi connectivity index (χ3n) is 6.11. The van der Waals surface area contributed by atoms with Gasteiger partial charge in [-0.2, -0.15) is 15.0 Å².